The Bertz CT molecular complexity index is 1130. The van der Waals surface area contributed by atoms with E-state index in [1.54, 1.807) is 0 Å². The fourth-order valence-corrected chi connectivity index (χ4v) is 6.10. The standard InChI is InChI=1S/C30H36ClN3O/c1-21(23-10-4-2-5-11-23)32-30(35)28-27-15-9-8-12-24(20-22-16-18-25(31)19-17-22)29(27)34(33-28)26-13-6-3-7-14-26/h2,4-5,10-11,16-19,21,24,26H,3,6-9,12-15,20H2,1H3,(H,32,35)/t21-,24?/m0/s1. The second kappa shape index (κ2) is 11.0. The first kappa shape index (κ1) is 24.1. The van der Waals surface area contributed by atoms with Crippen molar-refractivity contribution in [2.75, 3.05) is 0 Å². The highest BCUT2D eigenvalue weighted by atomic mass is 35.5. The Balaban J connectivity index is 1.50. The molecule has 3 aromatic rings. The number of hydrogen-bond donors (Lipinski definition) is 1. The first-order valence-electron chi connectivity index (χ1n) is 13.3. The largest absolute Gasteiger partial charge is 0.344 e. The van der Waals surface area contributed by atoms with E-state index in [1.807, 2.05) is 37.3 Å². The number of nitrogens with one attached hydrogen (secondary N) is 1. The Kier molecular flexibility index (Phi) is 7.57. The van der Waals surface area contributed by atoms with E-state index in [-0.39, 0.29) is 11.9 Å². The van der Waals surface area contributed by atoms with Crippen LogP contribution >= 0.6 is 11.6 Å². The maximum absolute atomic E-state index is 13.6. The molecular formula is C30H36ClN3O. The molecule has 0 radical (unpaired) electrons. The molecule has 2 aliphatic carbocycles. The topological polar surface area (TPSA) is 46.9 Å². The van der Waals surface area contributed by atoms with Crippen LogP contribution in [0.15, 0.2) is 54.6 Å². The summed E-state index contributed by atoms with van der Waals surface area (Å²) in [5.74, 6) is 0.329. The van der Waals surface area contributed by atoms with Crippen molar-refractivity contribution in [1.82, 2.24) is 15.1 Å². The quantitative estimate of drug-likeness (QED) is 0.362. The number of nitrogens with zero attached hydrogens (tertiary/aromatic N) is 2. The second-order valence-corrected chi connectivity index (χ2v) is 10.8. The van der Waals surface area contributed by atoms with Gasteiger partial charge in [-0.3, -0.25) is 9.48 Å². The molecule has 1 heterocycles. The van der Waals surface area contributed by atoms with Crippen LogP contribution in [0.5, 0.6) is 0 Å². The Morgan fingerprint density at radius 1 is 1.00 bits per heavy atom. The van der Waals surface area contributed by atoms with E-state index in [2.05, 4.69) is 34.3 Å². The van der Waals surface area contributed by atoms with E-state index in [0.29, 0.717) is 17.7 Å². The minimum Gasteiger partial charge on any atom is -0.344 e. The van der Waals surface area contributed by atoms with E-state index in [9.17, 15) is 4.79 Å². The second-order valence-electron chi connectivity index (χ2n) is 10.3. The molecule has 1 fully saturated rings. The number of fused-ring (bicyclic) bond motifs is 1. The molecule has 0 aliphatic heterocycles. The van der Waals surface area contributed by atoms with E-state index < -0.39 is 0 Å². The maximum atomic E-state index is 13.6. The molecule has 1 amide bonds. The van der Waals surface area contributed by atoms with Crippen molar-refractivity contribution in [3.05, 3.63) is 87.7 Å². The molecule has 2 aromatic carbocycles. The minimum atomic E-state index is -0.0603. The van der Waals surface area contributed by atoms with Crippen LogP contribution in [0, 0.1) is 0 Å². The van der Waals surface area contributed by atoms with Crippen molar-refractivity contribution < 1.29 is 4.79 Å². The molecule has 5 heteroatoms. The highest BCUT2D eigenvalue weighted by Crippen LogP contribution is 2.39. The molecule has 5 rings (SSSR count). The summed E-state index contributed by atoms with van der Waals surface area (Å²) in [5, 5.41) is 9.11. The van der Waals surface area contributed by atoms with Crippen LogP contribution in [-0.2, 0) is 12.8 Å². The maximum Gasteiger partial charge on any atom is 0.272 e. The zero-order valence-corrected chi connectivity index (χ0v) is 21.4. The van der Waals surface area contributed by atoms with Crippen LogP contribution in [0.4, 0.5) is 0 Å². The zero-order chi connectivity index (χ0) is 24.2. The molecule has 1 unspecified atom stereocenters. The van der Waals surface area contributed by atoms with Gasteiger partial charge < -0.3 is 5.32 Å². The fraction of sp³-hybridized carbons (Fsp3) is 0.467. The molecule has 184 valence electrons. The lowest BCUT2D eigenvalue weighted by Gasteiger charge is -2.27. The molecule has 35 heavy (non-hydrogen) atoms. The number of hydrogen-bond acceptors (Lipinski definition) is 2. The third kappa shape index (κ3) is 5.48. The molecule has 0 spiro atoms. The number of rotatable bonds is 6. The first-order valence-corrected chi connectivity index (χ1v) is 13.7. The minimum absolute atomic E-state index is 0.0423. The van der Waals surface area contributed by atoms with Crippen molar-refractivity contribution in [3.63, 3.8) is 0 Å². The van der Waals surface area contributed by atoms with Crippen molar-refractivity contribution in [2.45, 2.75) is 89.1 Å². The van der Waals surface area contributed by atoms with Gasteiger partial charge >= 0.3 is 0 Å². The summed E-state index contributed by atoms with van der Waals surface area (Å²) >= 11 is 6.15. The summed E-state index contributed by atoms with van der Waals surface area (Å²) < 4.78 is 2.29. The molecular weight excluding hydrogens is 454 g/mol. The highest BCUT2D eigenvalue weighted by Gasteiger charge is 2.33. The Labute approximate surface area is 214 Å². The molecule has 1 N–H and O–H groups in total. The molecule has 0 bridgehead atoms. The van der Waals surface area contributed by atoms with Crippen LogP contribution in [-0.4, -0.2) is 15.7 Å². The van der Waals surface area contributed by atoms with Gasteiger partial charge in [0, 0.05) is 22.2 Å². The summed E-state index contributed by atoms with van der Waals surface area (Å²) in [6.07, 6.45) is 11.4. The SMILES string of the molecule is C[C@H](NC(=O)c1nn(C2CCCCC2)c2c1CCCCC2Cc1ccc(Cl)cc1)c1ccccc1. The summed E-state index contributed by atoms with van der Waals surface area (Å²) in [5.41, 5.74) is 5.56. The average Bonchev–Trinajstić information content (AvgIpc) is 3.16. The van der Waals surface area contributed by atoms with Crippen LogP contribution in [0.1, 0.15) is 109 Å². The number of halogens is 1. The third-order valence-electron chi connectivity index (χ3n) is 7.84. The number of aromatic nitrogens is 2. The first-order chi connectivity index (χ1) is 17.1. The predicted molar refractivity (Wildman–Crippen MR) is 142 cm³/mol. The van der Waals surface area contributed by atoms with Gasteiger partial charge in [0.1, 0.15) is 0 Å². The predicted octanol–water partition coefficient (Wildman–Crippen LogP) is 7.59. The van der Waals surface area contributed by atoms with Gasteiger partial charge in [0.2, 0.25) is 0 Å². The molecule has 2 atom stereocenters. The van der Waals surface area contributed by atoms with Crippen LogP contribution in [0.25, 0.3) is 0 Å². The summed E-state index contributed by atoms with van der Waals surface area (Å²) in [6, 6.07) is 18.8. The molecule has 1 saturated carbocycles. The Morgan fingerprint density at radius 2 is 1.71 bits per heavy atom. The third-order valence-corrected chi connectivity index (χ3v) is 8.10. The van der Waals surface area contributed by atoms with Gasteiger partial charge in [-0.1, -0.05) is 79.7 Å². The zero-order valence-electron chi connectivity index (χ0n) is 20.7. The monoisotopic (exact) mass is 489 g/mol. The van der Waals surface area contributed by atoms with Crippen molar-refractivity contribution in [3.8, 4) is 0 Å². The van der Waals surface area contributed by atoms with Gasteiger partial charge in [0.25, 0.3) is 5.91 Å². The van der Waals surface area contributed by atoms with Gasteiger partial charge in [0.05, 0.1) is 12.1 Å². The number of benzene rings is 2. The van der Waals surface area contributed by atoms with Crippen molar-refractivity contribution >= 4 is 17.5 Å². The lowest BCUT2D eigenvalue weighted by molar-refractivity contribution is 0.0932. The molecule has 1 aromatic heterocycles. The molecule has 4 nitrogen and oxygen atoms in total. The number of carbonyl (C=O) groups is 1. The smallest absolute Gasteiger partial charge is 0.272 e. The lowest BCUT2D eigenvalue weighted by Crippen LogP contribution is -2.28. The van der Waals surface area contributed by atoms with Gasteiger partial charge in [-0.05, 0) is 68.7 Å². The Hall–Kier alpha value is -2.59. The van der Waals surface area contributed by atoms with Crippen molar-refractivity contribution in [2.24, 2.45) is 0 Å². The van der Waals surface area contributed by atoms with E-state index in [1.165, 1.54) is 42.5 Å². The van der Waals surface area contributed by atoms with Gasteiger partial charge in [-0.25, -0.2) is 0 Å². The van der Waals surface area contributed by atoms with Crippen LogP contribution in [0.2, 0.25) is 5.02 Å². The lowest BCUT2D eigenvalue weighted by atomic mass is 9.89. The summed E-state index contributed by atoms with van der Waals surface area (Å²) in [4.78, 5) is 13.6. The summed E-state index contributed by atoms with van der Waals surface area (Å²) in [7, 11) is 0. The van der Waals surface area contributed by atoms with Gasteiger partial charge in [-0.15, -0.1) is 0 Å². The Morgan fingerprint density at radius 3 is 2.46 bits per heavy atom. The van der Waals surface area contributed by atoms with Crippen LogP contribution in [0.3, 0.4) is 0 Å². The normalized spacial score (nSPS) is 19.5. The van der Waals surface area contributed by atoms with Gasteiger partial charge in [-0.2, -0.15) is 5.10 Å². The van der Waals surface area contributed by atoms with E-state index in [4.69, 9.17) is 16.7 Å². The molecule has 2 aliphatic rings. The highest BCUT2D eigenvalue weighted by molar-refractivity contribution is 6.30. The van der Waals surface area contributed by atoms with Crippen molar-refractivity contribution in [1.29, 1.82) is 0 Å². The van der Waals surface area contributed by atoms with Crippen LogP contribution < -0.4 is 5.32 Å². The average molecular weight is 490 g/mol. The number of carbonyl (C=O) groups excluding carboxylic acids is 1. The molecule has 0 saturated heterocycles. The van der Waals surface area contributed by atoms with E-state index >= 15 is 0 Å². The van der Waals surface area contributed by atoms with E-state index in [0.717, 1.165) is 49.1 Å². The fourth-order valence-electron chi connectivity index (χ4n) is 5.97. The van der Waals surface area contributed by atoms with Gasteiger partial charge in [0.15, 0.2) is 5.69 Å². The number of amides is 1. The summed E-state index contributed by atoms with van der Waals surface area (Å²) in [6.45, 7) is 2.05.